The topological polar surface area (TPSA) is 49.8 Å². The molecule has 0 fully saturated rings. The van der Waals surface area contributed by atoms with Gasteiger partial charge in [0.15, 0.2) is 0 Å². The first kappa shape index (κ1) is 14.9. The lowest BCUT2D eigenvalue weighted by Crippen LogP contribution is -2.41. The predicted molar refractivity (Wildman–Crippen MR) is 79.2 cm³/mol. The lowest BCUT2D eigenvalue weighted by Gasteiger charge is -2.36. The van der Waals surface area contributed by atoms with Crippen molar-refractivity contribution >= 4 is 11.7 Å². The molecule has 0 bridgehead atoms. The average molecular weight is 277 g/mol. The molecule has 20 heavy (non-hydrogen) atoms. The van der Waals surface area contributed by atoms with E-state index in [4.69, 9.17) is 4.74 Å². The van der Waals surface area contributed by atoms with Gasteiger partial charge in [0.05, 0.1) is 11.5 Å². The zero-order valence-corrected chi connectivity index (χ0v) is 12.4. The van der Waals surface area contributed by atoms with Crippen LogP contribution in [0.15, 0.2) is 24.3 Å². The molecule has 0 aromatic heterocycles. The number of anilines is 1. The summed E-state index contributed by atoms with van der Waals surface area (Å²) in [4.78, 5) is 13.5. The molecule has 2 rings (SSSR count). The molecule has 1 aromatic rings. The number of rotatable bonds is 5. The maximum Gasteiger partial charge on any atom is 0.308 e. The smallest absolute Gasteiger partial charge is 0.308 e. The first-order valence-electron chi connectivity index (χ1n) is 7.04. The van der Waals surface area contributed by atoms with Crippen molar-refractivity contribution in [1.82, 2.24) is 0 Å². The van der Waals surface area contributed by atoms with Gasteiger partial charge in [0.1, 0.15) is 0 Å². The van der Waals surface area contributed by atoms with Crippen LogP contribution >= 0.6 is 0 Å². The Kier molecular flexibility index (Phi) is 4.33. The fourth-order valence-corrected chi connectivity index (χ4v) is 2.57. The van der Waals surface area contributed by atoms with Crippen LogP contribution in [0, 0.1) is 5.92 Å². The fourth-order valence-electron chi connectivity index (χ4n) is 2.57. The van der Waals surface area contributed by atoms with Crippen LogP contribution in [-0.4, -0.2) is 36.9 Å². The minimum atomic E-state index is -0.712. The third-order valence-electron chi connectivity index (χ3n) is 4.13. The normalized spacial score (nSPS) is 18.8. The van der Waals surface area contributed by atoms with Crippen molar-refractivity contribution in [3.05, 3.63) is 29.8 Å². The van der Waals surface area contributed by atoms with E-state index in [1.54, 1.807) is 7.11 Å². The molecule has 0 aliphatic carbocycles. The van der Waals surface area contributed by atoms with Crippen molar-refractivity contribution < 1.29 is 14.6 Å². The van der Waals surface area contributed by atoms with E-state index >= 15 is 0 Å². The van der Waals surface area contributed by atoms with Gasteiger partial charge in [0.25, 0.3) is 0 Å². The number of ether oxygens (including phenoxy) is 1. The SMILES string of the molecule is COC(C)(C)CCN1CC(C(=O)O)Cc2ccccc21. The maximum absolute atomic E-state index is 11.3. The first-order valence-corrected chi connectivity index (χ1v) is 7.04. The van der Waals surface area contributed by atoms with E-state index in [-0.39, 0.29) is 11.5 Å². The molecule has 4 nitrogen and oxygen atoms in total. The van der Waals surface area contributed by atoms with Crippen molar-refractivity contribution in [2.24, 2.45) is 5.92 Å². The molecule has 0 saturated heterocycles. The third-order valence-corrected chi connectivity index (χ3v) is 4.13. The van der Waals surface area contributed by atoms with Crippen LogP contribution in [-0.2, 0) is 16.0 Å². The highest BCUT2D eigenvalue weighted by Crippen LogP contribution is 2.30. The fraction of sp³-hybridized carbons (Fsp3) is 0.562. The summed E-state index contributed by atoms with van der Waals surface area (Å²) in [5.74, 6) is -1.04. The van der Waals surface area contributed by atoms with E-state index in [0.717, 1.165) is 24.2 Å². The summed E-state index contributed by atoms with van der Waals surface area (Å²) in [6.07, 6.45) is 1.49. The summed E-state index contributed by atoms with van der Waals surface area (Å²) in [5.41, 5.74) is 2.10. The molecular weight excluding hydrogens is 254 g/mol. The highest BCUT2D eigenvalue weighted by Gasteiger charge is 2.29. The molecule has 1 aliphatic rings. The van der Waals surface area contributed by atoms with Crippen LogP contribution in [0.4, 0.5) is 5.69 Å². The van der Waals surface area contributed by atoms with Crippen LogP contribution in [0.5, 0.6) is 0 Å². The van der Waals surface area contributed by atoms with Gasteiger partial charge in [-0.1, -0.05) is 18.2 Å². The summed E-state index contributed by atoms with van der Waals surface area (Å²) in [6, 6.07) is 8.08. The Morgan fingerprint density at radius 3 is 2.80 bits per heavy atom. The number of methoxy groups -OCH3 is 1. The Hall–Kier alpha value is -1.55. The molecule has 0 saturated carbocycles. The van der Waals surface area contributed by atoms with Crippen LogP contribution in [0.3, 0.4) is 0 Å². The zero-order chi connectivity index (χ0) is 14.8. The number of hydrogen-bond donors (Lipinski definition) is 1. The van der Waals surface area contributed by atoms with Crippen LogP contribution < -0.4 is 4.90 Å². The maximum atomic E-state index is 11.3. The second kappa shape index (κ2) is 5.83. The van der Waals surface area contributed by atoms with Crippen LogP contribution in [0.25, 0.3) is 0 Å². The summed E-state index contributed by atoms with van der Waals surface area (Å²) >= 11 is 0. The quantitative estimate of drug-likeness (QED) is 0.898. The second-order valence-corrected chi connectivity index (χ2v) is 6.03. The van der Waals surface area contributed by atoms with E-state index in [1.165, 1.54) is 0 Å². The average Bonchev–Trinajstić information content (AvgIpc) is 2.44. The standard InChI is InChI=1S/C16H23NO3/c1-16(2,20-3)8-9-17-11-13(15(18)19)10-12-6-4-5-7-14(12)17/h4-7,13H,8-11H2,1-3H3,(H,18,19). The number of aliphatic carboxylic acids is 1. The van der Waals surface area contributed by atoms with E-state index in [0.29, 0.717) is 13.0 Å². The van der Waals surface area contributed by atoms with E-state index in [9.17, 15) is 9.90 Å². The number of hydrogen-bond acceptors (Lipinski definition) is 3. The minimum Gasteiger partial charge on any atom is -0.481 e. The molecular formula is C16H23NO3. The Balaban J connectivity index is 2.16. The molecule has 1 aliphatic heterocycles. The number of fused-ring (bicyclic) bond motifs is 1. The molecule has 0 amide bonds. The molecule has 110 valence electrons. The monoisotopic (exact) mass is 277 g/mol. The molecule has 1 unspecified atom stereocenters. The summed E-state index contributed by atoms with van der Waals surface area (Å²) in [5, 5.41) is 9.30. The number of carbonyl (C=O) groups is 1. The van der Waals surface area contributed by atoms with Gasteiger partial charge in [0, 0.05) is 25.9 Å². The van der Waals surface area contributed by atoms with Gasteiger partial charge in [-0.2, -0.15) is 0 Å². The Morgan fingerprint density at radius 1 is 1.45 bits per heavy atom. The van der Waals surface area contributed by atoms with Gasteiger partial charge in [-0.3, -0.25) is 4.79 Å². The Labute approximate surface area is 120 Å². The molecule has 0 radical (unpaired) electrons. The molecule has 0 spiro atoms. The summed E-state index contributed by atoms with van der Waals surface area (Å²) in [6.45, 7) is 5.49. The van der Waals surface area contributed by atoms with Crippen molar-refractivity contribution in [2.75, 3.05) is 25.1 Å². The second-order valence-electron chi connectivity index (χ2n) is 6.03. The zero-order valence-electron chi connectivity index (χ0n) is 12.4. The van der Waals surface area contributed by atoms with Crippen LogP contribution in [0.2, 0.25) is 0 Å². The highest BCUT2D eigenvalue weighted by atomic mass is 16.5. The Morgan fingerprint density at radius 2 is 2.15 bits per heavy atom. The largest absolute Gasteiger partial charge is 0.481 e. The first-order chi connectivity index (χ1) is 9.43. The molecule has 1 heterocycles. The van der Waals surface area contributed by atoms with Gasteiger partial charge in [-0.05, 0) is 38.3 Å². The van der Waals surface area contributed by atoms with Gasteiger partial charge in [-0.15, -0.1) is 0 Å². The number of carboxylic acid groups (broad SMARTS) is 1. The third kappa shape index (κ3) is 3.31. The van der Waals surface area contributed by atoms with Gasteiger partial charge < -0.3 is 14.7 Å². The predicted octanol–water partition coefficient (Wildman–Crippen LogP) is 2.57. The number of benzene rings is 1. The van der Waals surface area contributed by atoms with E-state index in [2.05, 4.69) is 24.8 Å². The highest BCUT2D eigenvalue weighted by molar-refractivity contribution is 5.73. The number of nitrogens with zero attached hydrogens (tertiary/aromatic N) is 1. The van der Waals surface area contributed by atoms with Gasteiger partial charge >= 0.3 is 5.97 Å². The number of para-hydroxylation sites is 1. The number of carboxylic acids is 1. The van der Waals surface area contributed by atoms with Crippen molar-refractivity contribution in [2.45, 2.75) is 32.3 Å². The lowest BCUT2D eigenvalue weighted by atomic mass is 9.92. The van der Waals surface area contributed by atoms with E-state index in [1.807, 2.05) is 18.2 Å². The minimum absolute atomic E-state index is 0.189. The van der Waals surface area contributed by atoms with Crippen molar-refractivity contribution in [3.8, 4) is 0 Å². The Bertz CT molecular complexity index is 484. The van der Waals surface area contributed by atoms with Gasteiger partial charge in [-0.25, -0.2) is 0 Å². The van der Waals surface area contributed by atoms with Crippen molar-refractivity contribution in [3.63, 3.8) is 0 Å². The molecule has 1 aromatic carbocycles. The lowest BCUT2D eigenvalue weighted by molar-refractivity contribution is -0.141. The summed E-state index contributed by atoms with van der Waals surface area (Å²) < 4.78 is 5.45. The molecule has 4 heteroatoms. The van der Waals surface area contributed by atoms with Gasteiger partial charge in [0.2, 0.25) is 0 Å². The van der Waals surface area contributed by atoms with Crippen molar-refractivity contribution in [1.29, 1.82) is 0 Å². The molecule has 1 N–H and O–H groups in total. The molecule has 1 atom stereocenters. The summed E-state index contributed by atoms with van der Waals surface area (Å²) in [7, 11) is 1.71. The van der Waals surface area contributed by atoms with Crippen LogP contribution in [0.1, 0.15) is 25.8 Å². The van der Waals surface area contributed by atoms with E-state index < -0.39 is 5.97 Å².